The van der Waals surface area contributed by atoms with E-state index in [4.69, 9.17) is 0 Å². The van der Waals surface area contributed by atoms with Gasteiger partial charge in [-0.2, -0.15) is 0 Å². The maximum atomic E-state index is 12.0. The van der Waals surface area contributed by atoms with Gasteiger partial charge in [0.2, 0.25) is 0 Å². The first-order valence-corrected chi connectivity index (χ1v) is 6.92. The van der Waals surface area contributed by atoms with Crippen molar-refractivity contribution in [3.05, 3.63) is 64.1 Å². The summed E-state index contributed by atoms with van der Waals surface area (Å²) in [6.45, 7) is 0.579. The zero-order valence-electron chi connectivity index (χ0n) is 10.2. The number of rotatable bonds is 1. The third kappa shape index (κ3) is 2.49. The molecule has 2 N–H and O–H groups in total. The number of carbonyl (C=O) groups is 1. The van der Waals surface area contributed by atoms with Crippen molar-refractivity contribution in [3.63, 3.8) is 0 Å². The number of fused-ring (bicyclic) bond motifs is 1. The van der Waals surface area contributed by atoms with E-state index in [1.807, 2.05) is 36.4 Å². The van der Waals surface area contributed by atoms with Gasteiger partial charge in [-0.25, -0.2) is 0 Å². The van der Waals surface area contributed by atoms with Crippen molar-refractivity contribution in [2.75, 3.05) is 11.9 Å². The van der Waals surface area contributed by atoms with Crippen LogP contribution in [0.3, 0.4) is 0 Å². The topological polar surface area (TPSA) is 41.1 Å². The van der Waals surface area contributed by atoms with Crippen molar-refractivity contribution >= 4 is 27.5 Å². The summed E-state index contributed by atoms with van der Waals surface area (Å²) in [6.07, 6.45) is 0. The second kappa shape index (κ2) is 5.05. The van der Waals surface area contributed by atoms with E-state index in [1.165, 1.54) is 0 Å². The molecule has 3 nitrogen and oxygen atoms in total. The Hall–Kier alpha value is -1.81. The molecule has 0 radical (unpaired) electrons. The fourth-order valence-electron chi connectivity index (χ4n) is 2.23. The normalized spacial score (nSPS) is 17.9. The number of anilines is 1. The van der Waals surface area contributed by atoms with Crippen molar-refractivity contribution in [2.24, 2.45) is 0 Å². The number of nitrogens with one attached hydrogen (secondary N) is 2. The Balaban J connectivity index is 1.94. The molecule has 1 amide bonds. The lowest BCUT2D eigenvalue weighted by atomic mass is 10.1. The van der Waals surface area contributed by atoms with Gasteiger partial charge in [-0.1, -0.05) is 40.2 Å². The van der Waals surface area contributed by atoms with Gasteiger partial charge in [0.05, 0.1) is 11.6 Å². The van der Waals surface area contributed by atoms with E-state index in [0.29, 0.717) is 12.1 Å². The summed E-state index contributed by atoms with van der Waals surface area (Å²) in [6, 6.07) is 15.8. The molecule has 1 atom stereocenters. The summed E-state index contributed by atoms with van der Waals surface area (Å²) in [5.74, 6) is -0.0253. The summed E-state index contributed by atoms with van der Waals surface area (Å²) in [4.78, 5) is 12.0. The molecule has 4 heteroatoms. The molecule has 2 aromatic rings. The van der Waals surface area contributed by atoms with Crippen LogP contribution in [-0.4, -0.2) is 12.5 Å². The average Bonchev–Trinajstić information content (AvgIpc) is 2.60. The summed E-state index contributed by atoms with van der Waals surface area (Å²) in [5, 5.41) is 6.38. The Bertz CT molecular complexity index is 610. The van der Waals surface area contributed by atoms with Crippen LogP contribution in [0.1, 0.15) is 22.0 Å². The van der Waals surface area contributed by atoms with Gasteiger partial charge in [-0.05, 0) is 29.8 Å². The lowest BCUT2D eigenvalue weighted by molar-refractivity contribution is 0.0955. The van der Waals surface area contributed by atoms with Crippen molar-refractivity contribution in [1.82, 2.24) is 5.32 Å². The van der Waals surface area contributed by atoms with E-state index in [2.05, 4.69) is 38.7 Å². The Morgan fingerprint density at radius 3 is 2.58 bits per heavy atom. The van der Waals surface area contributed by atoms with E-state index in [-0.39, 0.29) is 11.9 Å². The van der Waals surface area contributed by atoms with Gasteiger partial charge >= 0.3 is 0 Å². The molecule has 0 saturated carbocycles. The number of halogens is 1. The van der Waals surface area contributed by atoms with Crippen molar-refractivity contribution in [3.8, 4) is 0 Å². The first kappa shape index (κ1) is 12.2. The minimum absolute atomic E-state index is 0.0253. The van der Waals surface area contributed by atoms with Crippen LogP contribution >= 0.6 is 15.9 Å². The van der Waals surface area contributed by atoms with Crippen LogP contribution in [0.4, 0.5) is 5.69 Å². The lowest BCUT2D eigenvalue weighted by Crippen LogP contribution is -2.27. The van der Waals surface area contributed by atoms with Crippen molar-refractivity contribution < 1.29 is 4.79 Å². The number of hydrogen-bond donors (Lipinski definition) is 2. The van der Waals surface area contributed by atoms with Gasteiger partial charge in [0.1, 0.15) is 0 Å². The molecular weight excluding hydrogens is 304 g/mol. The Labute approximate surface area is 120 Å². The fourth-order valence-corrected chi connectivity index (χ4v) is 2.50. The zero-order valence-corrected chi connectivity index (χ0v) is 11.8. The standard InChI is InChI=1S/C15H13BrN2O/c16-11-7-5-10(6-8-11)14-9-17-15(19)12-3-1-2-4-13(12)18-14/h1-8,14,18H,9H2,(H,17,19). The predicted molar refractivity (Wildman–Crippen MR) is 79.3 cm³/mol. The second-order valence-corrected chi connectivity index (χ2v) is 5.42. The van der Waals surface area contributed by atoms with Gasteiger partial charge in [0, 0.05) is 16.7 Å². The maximum absolute atomic E-state index is 12.0. The van der Waals surface area contributed by atoms with Crippen molar-refractivity contribution in [1.29, 1.82) is 0 Å². The lowest BCUT2D eigenvalue weighted by Gasteiger charge is -2.18. The third-order valence-electron chi connectivity index (χ3n) is 3.24. The third-order valence-corrected chi connectivity index (χ3v) is 3.77. The predicted octanol–water partition coefficient (Wildman–Crippen LogP) is 3.35. The van der Waals surface area contributed by atoms with Gasteiger partial charge in [0.15, 0.2) is 0 Å². The fraction of sp³-hybridized carbons (Fsp3) is 0.133. The smallest absolute Gasteiger partial charge is 0.253 e. The molecule has 3 rings (SSSR count). The molecule has 19 heavy (non-hydrogen) atoms. The second-order valence-electron chi connectivity index (χ2n) is 4.50. The monoisotopic (exact) mass is 316 g/mol. The number of para-hydroxylation sites is 1. The van der Waals surface area contributed by atoms with Crippen LogP contribution < -0.4 is 10.6 Å². The van der Waals surface area contributed by atoms with Gasteiger partial charge in [-0.15, -0.1) is 0 Å². The summed E-state index contributed by atoms with van der Waals surface area (Å²) in [7, 11) is 0. The highest BCUT2D eigenvalue weighted by atomic mass is 79.9. The molecule has 2 aromatic carbocycles. The van der Waals surface area contributed by atoms with Crippen LogP contribution in [0, 0.1) is 0 Å². The Morgan fingerprint density at radius 1 is 1.05 bits per heavy atom. The minimum Gasteiger partial charge on any atom is -0.376 e. The molecule has 1 unspecified atom stereocenters. The molecule has 96 valence electrons. The van der Waals surface area contributed by atoms with Gasteiger partial charge < -0.3 is 10.6 Å². The van der Waals surface area contributed by atoms with Crippen LogP contribution in [0.5, 0.6) is 0 Å². The molecule has 1 aliphatic heterocycles. The highest BCUT2D eigenvalue weighted by molar-refractivity contribution is 9.10. The average molecular weight is 317 g/mol. The molecular formula is C15H13BrN2O. The Morgan fingerprint density at radius 2 is 1.79 bits per heavy atom. The largest absolute Gasteiger partial charge is 0.376 e. The molecule has 0 spiro atoms. The van der Waals surface area contributed by atoms with Gasteiger partial charge in [0.25, 0.3) is 5.91 Å². The molecule has 1 aliphatic rings. The molecule has 0 aliphatic carbocycles. The number of benzene rings is 2. The molecule has 0 fully saturated rings. The van der Waals surface area contributed by atoms with E-state index >= 15 is 0 Å². The number of carbonyl (C=O) groups excluding carboxylic acids is 1. The Kier molecular flexibility index (Phi) is 3.25. The number of hydrogen-bond acceptors (Lipinski definition) is 2. The summed E-state index contributed by atoms with van der Waals surface area (Å²) in [5.41, 5.74) is 2.73. The van der Waals surface area contributed by atoms with Crippen molar-refractivity contribution in [2.45, 2.75) is 6.04 Å². The van der Waals surface area contributed by atoms with Gasteiger partial charge in [-0.3, -0.25) is 4.79 Å². The maximum Gasteiger partial charge on any atom is 0.253 e. The molecule has 1 heterocycles. The van der Waals surface area contributed by atoms with Crippen LogP contribution in [0.2, 0.25) is 0 Å². The quantitative estimate of drug-likeness (QED) is 0.847. The summed E-state index contributed by atoms with van der Waals surface area (Å²) >= 11 is 3.43. The van der Waals surface area contributed by atoms with E-state index in [9.17, 15) is 4.79 Å². The van der Waals surface area contributed by atoms with Crippen LogP contribution in [-0.2, 0) is 0 Å². The number of amides is 1. The minimum atomic E-state index is -0.0253. The SMILES string of the molecule is O=C1NCC(c2ccc(Br)cc2)Nc2ccccc21. The molecule has 0 aromatic heterocycles. The van der Waals surface area contributed by atoms with E-state index < -0.39 is 0 Å². The van der Waals surface area contributed by atoms with E-state index in [1.54, 1.807) is 0 Å². The summed E-state index contributed by atoms with van der Waals surface area (Å²) < 4.78 is 1.05. The first-order valence-electron chi connectivity index (χ1n) is 6.13. The molecule has 0 bridgehead atoms. The highest BCUT2D eigenvalue weighted by Crippen LogP contribution is 2.26. The molecule has 0 saturated heterocycles. The van der Waals surface area contributed by atoms with Crippen LogP contribution in [0.15, 0.2) is 53.0 Å². The highest BCUT2D eigenvalue weighted by Gasteiger charge is 2.21. The zero-order chi connectivity index (χ0) is 13.2. The van der Waals surface area contributed by atoms with E-state index in [0.717, 1.165) is 15.7 Å². The first-order chi connectivity index (χ1) is 9.24. The van der Waals surface area contributed by atoms with Crippen LogP contribution in [0.25, 0.3) is 0 Å².